The first kappa shape index (κ1) is 26.2. The average molecular weight is 545 g/mol. The molecule has 0 aliphatic heterocycles. The van der Waals surface area contributed by atoms with Gasteiger partial charge < -0.3 is 10.6 Å². The van der Waals surface area contributed by atoms with Crippen LogP contribution in [0.4, 0.5) is 11.4 Å². The number of benzene rings is 4. The molecule has 0 unspecified atom stereocenters. The smallest absolute Gasteiger partial charge is 0 e. The molecule has 0 fully saturated rings. The molecule has 4 heteroatoms. The maximum absolute atomic E-state index is 4.48. The fraction of sp³-hybridized carbons (Fsp3) is 0.0769. The second-order valence-corrected chi connectivity index (χ2v) is 6.27. The predicted molar refractivity (Wildman–Crippen MR) is 126 cm³/mol. The van der Waals surface area contributed by atoms with E-state index in [1.165, 1.54) is 11.1 Å². The van der Waals surface area contributed by atoms with E-state index in [0.717, 1.165) is 24.5 Å². The van der Waals surface area contributed by atoms with E-state index in [9.17, 15) is 0 Å². The average Bonchev–Trinajstić information content (AvgIpc) is 2.80. The van der Waals surface area contributed by atoms with Gasteiger partial charge in [0.15, 0.2) is 0 Å². The molecular formula is C26H25ClN2Nd-2. The molecule has 0 aliphatic carbocycles. The Hall–Kier alpha value is -1.88. The molecule has 0 bridgehead atoms. The fourth-order valence-corrected chi connectivity index (χ4v) is 2.60. The predicted octanol–water partition coefficient (Wildman–Crippen LogP) is 8.21. The summed E-state index contributed by atoms with van der Waals surface area (Å²) in [6.45, 7) is 1.51. The van der Waals surface area contributed by atoms with Gasteiger partial charge in [0.05, 0.1) is 0 Å². The third-order valence-corrected chi connectivity index (χ3v) is 4.09. The molecule has 0 heterocycles. The molecule has 0 atom stereocenters. The zero-order valence-electron chi connectivity index (χ0n) is 16.8. The Morgan fingerprint density at radius 3 is 0.967 bits per heavy atom. The topological polar surface area (TPSA) is 28.2 Å². The Balaban J connectivity index is 0.000000281. The molecule has 152 valence electrons. The van der Waals surface area contributed by atoms with Crippen molar-refractivity contribution in [1.29, 1.82) is 0 Å². The summed E-state index contributed by atoms with van der Waals surface area (Å²) < 4.78 is 0. The summed E-state index contributed by atoms with van der Waals surface area (Å²) in [6.07, 6.45) is 0. The number of nitrogens with zero attached hydrogens (tertiary/aromatic N) is 2. The Morgan fingerprint density at radius 1 is 0.400 bits per heavy atom. The number of rotatable bonds is 6. The van der Waals surface area contributed by atoms with E-state index >= 15 is 0 Å². The summed E-state index contributed by atoms with van der Waals surface area (Å²) in [7, 11) is 0. The van der Waals surface area contributed by atoms with Crippen molar-refractivity contribution >= 4 is 23.8 Å². The number of hydrogen-bond acceptors (Lipinski definition) is 0. The molecule has 0 spiro atoms. The first-order chi connectivity index (χ1) is 13.9. The molecule has 2 nitrogen and oxygen atoms in total. The van der Waals surface area contributed by atoms with E-state index in [0.29, 0.717) is 0 Å². The minimum atomic E-state index is 0. The SMILES string of the molecule is Cl.[Nd].c1ccc(C[N-]c2ccccc2)cc1.c1ccc(C[N-]c2ccccc2)cc1. The van der Waals surface area contributed by atoms with Crippen LogP contribution in [0.1, 0.15) is 11.1 Å². The third kappa shape index (κ3) is 10.2. The molecule has 0 radical (unpaired) electrons. The molecule has 0 aliphatic rings. The van der Waals surface area contributed by atoms with Gasteiger partial charge in [0, 0.05) is 40.8 Å². The quantitative estimate of drug-likeness (QED) is 0.234. The molecule has 30 heavy (non-hydrogen) atoms. The maximum Gasteiger partial charge on any atom is 0 e. The van der Waals surface area contributed by atoms with Gasteiger partial charge in [-0.25, -0.2) is 0 Å². The van der Waals surface area contributed by atoms with Crippen molar-refractivity contribution in [2.24, 2.45) is 0 Å². The maximum atomic E-state index is 4.48. The molecule has 0 N–H and O–H groups in total. The zero-order chi connectivity index (χ0) is 19.3. The van der Waals surface area contributed by atoms with E-state index in [1.807, 2.05) is 97.1 Å². The summed E-state index contributed by atoms with van der Waals surface area (Å²) in [5, 5.41) is 8.95. The van der Waals surface area contributed by atoms with Crippen molar-refractivity contribution in [1.82, 2.24) is 0 Å². The molecule has 4 aromatic rings. The van der Waals surface area contributed by atoms with Crippen molar-refractivity contribution in [3.63, 3.8) is 0 Å². The van der Waals surface area contributed by atoms with Gasteiger partial charge in [-0.05, 0) is 0 Å². The Labute approximate surface area is 219 Å². The molecule has 0 amide bonds. The molecule has 0 aromatic heterocycles. The van der Waals surface area contributed by atoms with Gasteiger partial charge in [-0.2, -0.15) is 0 Å². The summed E-state index contributed by atoms with van der Waals surface area (Å²) >= 11 is 0. The minimum absolute atomic E-state index is 0. The molecular weight excluding hydrogens is 520 g/mol. The van der Waals surface area contributed by atoms with Gasteiger partial charge in [0.2, 0.25) is 0 Å². The number of halogens is 1. The third-order valence-electron chi connectivity index (χ3n) is 4.09. The molecule has 0 saturated heterocycles. The van der Waals surface area contributed by atoms with Crippen LogP contribution in [0, 0.1) is 40.8 Å². The second kappa shape index (κ2) is 15.9. The largest absolute Gasteiger partial charge is 0.681 e. The van der Waals surface area contributed by atoms with E-state index < -0.39 is 0 Å². The Bertz CT molecular complexity index is 747. The van der Waals surface area contributed by atoms with Crippen molar-refractivity contribution in [2.75, 3.05) is 0 Å². The number of hydrogen-bond donors (Lipinski definition) is 0. The second-order valence-electron chi connectivity index (χ2n) is 6.27. The van der Waals surface area contributed by atoms with Gasteiger partial charge in [-0.3, -0.25) is 0 Å². The zero-order valence-corrected chi connectivity index (χ0v) is 20.8. The summed E-state index contributed by atoms with van der Waals surface area (Å²) in [6, 6.07) is 40.6. The van der Waals surface area contributed by atoms with Crippen LogP contribution in [-0.2, 0) is 13.1 Å². The van der Waals surface area contributed by atoms with Gasteiger partial charge in [0.1, 0.15) is 0 Å². The van der Waals surface area contributed by atoms with Crippen LogP contribution in [0.2, 0.25) is 0 Å². The van der Waals surface area contributed by atoms with Crippen molar-refractivity contribution in [3.8, 4) is 0 Å². The normalized spacial score (nSPS) is 9.07. The summed E-state index contributed by atoms with van der Waals surface area (Å²) in [5.41, 5.74) is 4.57. The van der Waals surface area contributed by atoms with Crippen LogP contribution in [0.5, 0.6) is 0 Å². The monoisotopic (exact) mass is 542 g/mol. The molecule has 4 rings (SSSR count). The van der Waals surface area contributed by atoms with Crippen LogP contribution < -0.4 is 0 Å². The Morgan fingerprint density at radius 2 is 0.667 bits per heavy atom. The van der Waals surface area contributed by atoms with Crippen LogP contribution in [0.15, 0.2) is 121 Å². The van der Waals surface area contributed by atoms with Crippen molar-refractivity contribution < 1.29 is 40.8 Å². The van der Waals surface area contributed by atoms with Gasteiger partial charge in [-0.15, -0.1) is 36.9 Å². The summed E-state index contributed by atoms with van der Waals surface area (Å²) in [4.78, 5) is 0. The van der Waals surface area contributed by atoms with Crippen LogP contribution in [-0.4, -0.2) is 0 Å². The molecule has 4 aromatic carbocycles. The van der Waals surface area contributed by atoms with Crippen LogP contribution >= 0.6 is 12.4 Å². The molecule has 0 saturated carbocycles. The van der Waals surface area contributed by atoms with E-state index in [1.54, 1.807) is 0 Å². The first-order valence-electron chi connectivity index (χ1n) is 9.43. The van der Waals surface area contributed by atoms with Gasteiger partial charge in [0.25, 0.3) is 0 Å². The van der Waals surface area contributed by atoms with E-state index in [2.05, 4.69) is 34.9 Å². The van der Waals surface area contributed by atoms with Crippen LogP contribution in [0.25, 0.3) is 10.6 Å². The standard InChI is InChI=1S/2C13H12N.ClH.Nd/c2*1-3-7-12(8-4-1)11-14-13-9-5-2-6-10-13;;/h2*1-10H,11H2;1H;/q2*-1;;. The van der Waals surface area contributed by atoms with Crippen molar-refractivity contribution in [3.05, 3.63) is 143 Å². The van der Waals surface area contributed by atoms with Gasteiger partial charge >= 0.3 is 0 Å². The van der Waals surface area contributed by atoms with Crippen molar-refractivity contribution in [2.45, 2.75) is 13.1 Å². The minimum Gasteiger partial charge on any atom is -0.681 e. The van der Waals surface area contributed by atoms with E-state index in [4.69, 9.17) is 0 Å². The first-order valence-corrected chi connectivity index (χ1v) is 9.43. The van der Waals surface area contributed by atoms with Gasteiger partial charge in [-0.1, -0.05) is 132 Å². The fourth-order valence-electron chi connectivity index (χ4n) is 2.60. The summed E-state index contributed by atoms with van der Waals surface area (Å²) in [5.74, 6) is 0. The van der Waals surface area contributed by atoms with Crippen LogP contribution in [0.3, 0.4) is 0 Å². The number of para-hydroxylation sites is 2. The Kier molecular flexibility index (Phi) is 13.9. The van der Waals surface area contributed by atoms with E-state index in [-0.39, 0.29) is 53.2 Å².